The zero-order valence-electron chi connectivity index (χ0n) is 15.2. The summed E-state index contributed by atoms with van der Waals surface area (Å²) in [7, 11) is 0. The van der Waals surface area contributed by atoms with Crippen LogP contribution in [-0.4, -0.2) is 57.2 Å². The van der Waals surface area contributed by atoms with Crippen LogP contribution >= 0.6 is 0 Å². The molecule has 3 aromatic heterocycles. The lowest BCUT2D eigenvalue weighted by molar-refractivity contribution is -0.128. The largest absolute Gasteiger partial charge is 0.379 e. The van der Waals surface area contributed by atoms with Gasteiger partial charge >= 0.3 is 0 Å². The second kappa shape index (κ2) is 8.68. The van der Waals surface area contributed by atoms with Crippen molar-refractivity contribution in [1.82, 2.24) is 30.3 Å². The fourth-order valence-electron chi connectivity index (χ4n) is 3.09. The molecule has 0 spiro atoms. The highest BCUT2D eigenvalue weighted by Crippen LogP contribution is 2.21. The molecule has 1 saturated heterocycles. The fourth-order valence-corrected chi connectivity index (χ4v) is 3.09. The van der Waals surface area contributed by atoms with Crippen molar-refractivity contribution in [2.75, 3.05) is 26.3 Å². The number of amides is 1. The molecular formula is C19H20N6O3. The minimum absolute atomic E-state index is 0.139. The van der Waals surface area contributed by atoms with Crippen molar-refractivity contribution in [2.45, 2.75) is 12.6 Å². The molecule has 9 heteroatoms. The van der Waals surface area contributed by atoms with Crippen molar-refractivity contribution in [3.8, 4) is 11.5 Å². The Bertz CT molecular complexity index is 896. The van der Waals surface area contributed by atoms with Gasteiger partial charge in [0.25, 0.3) is 0 Å². The first kappa shape index (κ1) is 18.2. The molecule has 1 amide bonds. The van der Waals surface area contributed by atoms with Crippen molar-refractivity contribution in [3.05, 3.63) is 60.4 Å². The van der Waals surface area contributed by atoms with Crippen molar-refractivity contribution in [3.63, 3.8) is 0 Å². The topological polar surface area (TPSA) is 106 Å². The number of ether oxygens (including phenoxy) is 1. The van der Waals surface area contributed by atoms with Gasteiger partial charge in [0.2, 0.25) is 17.6 Å². The molecule has 1 N–H and O–H groups in total. The van der Waals surface area contributed by atoms with Crippen molar-refractivity contribution >= 4 is 5.91 Å². The Morgan fingerprint density at radius 2 is 2.07 bits per heavy atom. The van der Waals surface area contributed by atoms with Gasteiger partial charge in [-0.1, -0.05) is 17.3 Å². The maximum atomic E-state index is 13.0. The molecule has 4 rings (SSSR count). The molecule has 4 heterocycles. The molecule has 0 bridgehead atoms. The number of aromatic nitrogens is 4. The molecule has 0 aliphatic carbocycles. The second-order valence-electron chi connectivity index (χ2n) is 6.28. The summed E-state index contributed by atoms with van der Waals surface area (Å²) in [5, 5.41) is 6.81. The quantitative estimate of drug-likeness (QED) is 0.680. The highest BCUT2D eigenvalue weighted by molar-refractivity contribution is 5.83. The van der Waals surface area contributed by atoms with Crippen LogP contribution in [0.1, 0.15) is 17.5 Å². The van der Waals surface area contributed by atoms with E-state index in [9.17, 15) is 4.79 Å². The van der Waals surface area contributed by atoms with E-state index in [2.05, 4.69) is 30.3 Å². The number of morpholine rings is 1. The van der Waals surface area contributed by atoms with Gasteiger partial charge in [0.1, 0.15) is 11.7 Å². The number of hydrogen-bond acceptors (Lipinski definition) is 8. The molecule has 1 aliphatic heterocycles. The minimum atomic E-state index is -0.448. The van der Waals surface area contributed by atoms with Crippen LogP contribution in [0.5, 0.6) is 0 Å². The number of pyridine rings is 2. The fraction of sp³-hybridized carbons (Fsp3) is 0.316. The van der Waals surface area contributed by atoms with Gasteiger partial charge in [-0.15, -0.1) is 0 Å². The molecule has 0 unspecified atom stereocenters. The first-order chi connectivity index (χ1) is 13.8. The van der Waals surface area contributed by atoms with Gasteiger partial charge in [-0.05, 0) is 23.8 Å². The highest BCUT2D eigenvalue weighted by atomic mass is 16.5. The molecule has 1 fully saturated rings. The summed E-state index contributed by atoms with van der Waals surface area (Å²) in [5.74, 6) is 0.565. The summed E-state index contributed by atoms with van der Waals surface area (Å²) < 4.78 is 10.7. The van der Waals surface area contributed by atoms with E-state index >= 15 is 0 Å². The Morgan fingerprint density at radius 1 is 1.18 bits per heavy atom. The van der Waals surface area contributed by atoms with E-state index in [1.54, 1.807) is 24.7 Å². The smallest absolute Gasteiger partial charge is 0.246 e. The van der Waals surface area contributed by atoms with E-state index in [-0.39, 0.29) is 12.5 Å². The second-order valence-corrected chi connectivity index (χ2v) is 6.28. The van der Waals surface area contributed by atoms with Crippen molar-refractivity contribution < 1.29 is 14.1 Å². The summed E-state index contributed by atoms with van der Waals surface area (Å²) in [6, 6.07) is 8.74. The number of rotatable bonds is 6. The Morgan fingerprint density at radius 3 is 2.82 bits per heavy atom. The monoisotopic (exact) mass is 380 g/mol. The van der Waals surface area contributed by atoms with Crippen LogP contribution in [0, 0.1) is 0 Å². The molecule has 0 radical (unpaired) electrons. The van der Waals surface area contributed by atoms with E-state index < -0.39 is 6.04 Å². The normalized spacial score (nSPS) is 15.9. The third-order valence-electron chi connectivity index (χ3n) is 4.44. The third-order valence-corrected chi connectivity index (χ3v) is 4.44. The van der Waals surface area contributed by atoms with Crippen molar-refractivity contribution in [2.24, 2.45) is 0 Å². The number of carbonyl (C=O) groups excluding carboxylic acids is 1. The summed E-state index contributed by atoms with van der Waals surface area (Å²) in [6.45, 7) is 2.69. The molecule has 144 valence electrons. The zero-order valence-corrected chi connectivity index (χ0v) is 15.2. The molecule has 0 saturated carbocycles. The Hall–Kier alpha value is -3.17. The van der Waals surface area contributed by atoms with E-state index in [4.69, 9.17) is 9.26 Å². The summed E-state index contributed by atoms with van der Waals surface area (Å²) in [6.07, 6.45) is 5.06. The Balaban J connectivity index is 1.45. The third kappa shape index (κ3) is 4.21. The van der Waals surface area contributed by atoms with Gasteiger partial charge in [-0.3, -0.25) is 19.7 Å². The predicted octanol–water partition coefficient (Wildman–Crippen LogP) is 1.22. The van der Waals surface area contributed by atoms with E-state index in [1.807, 2.05) is 24.3 Å². The van der Waals surface area contributed by atoms with E-state index in [0.29, 0.717) is 43.7 Å². The van der Waals surface area contributed by atoms with Gasteiger partial charge in [0.15, 0.2) is 0 Å². The molecule has 1 atom stereocenters. The molecule has 1 aliphatic rings. The van der Waals surface area contributed by atoms with Gasteiger partial charge in [-0.25, -0.2) is 0 Å². The average molecular weight is 380 g/mol. The number of nitrogens with one attached hydrogen (secondary N) is 1. The van der Waals surface area contributed by atoms with Gasteiger partial charge < -0.3 is 14.6 Å². The van der Waals surface area contributed by atoms with Crippen LogP contribution < -0.4 is 5.32 Å². The van der Waals surface area contributed by atoms with Gasteiger partial charge in [0, 0.05) is 31.7 Å². The minimum Gasteiger partial charge on any atom is -0.379 e. The Kier molecular flexibility index (Phi) is 5.64. The van der Waals surface area contributed by atoms with Gasteiger partial charge in [0.05, 0.1) is 19.8 Å². The molecule has 9 nitrogen and oxygen atoms in total. The summed E-state index contributed by atoms with van der Waals surface area (Å²) in [5.41, 5.74) is 1.45. The standard InChI is InChI=1S/C19H20N6O3/c26-19(17(14-4-3-6-20-12-14)25-8-10-27-11-9-25)22-13-16-23-18(24-28-16)15-5-1-2-7-21-15/h1-7,12,17H,8-11,13H2,(H,22,26)/t17-/m1/s1. The van der Waals surface area contributed by atoms with Crippen LogP contribution in [0.2, 0.25) is 0 Å². The van der Waals surface area contributed by atoms with Crippen LogP contribution in [0.25, 0.3) is 11.5 Å². The van der Waals surface area contributed by atoms with Crippen LogP contribution in [0.15, 0.2) is 53.4 Å². The predicted molar refractivity (Wildman–Crippen MR) is 98.7 cm³/mol. The molecule has 0 aromatic carbocycles. The molecular weight excluding hydrogens is 360 g/mol. The lowest BCUT2D eigenvalue weighted by Crippen LogP contribution is -2.45. The summed E-state index contributed by atoms with van der Waals surface area (Å²) in [4.78, 5) is 27.7. The van der Waals surface area contributed by atoms with Crippen LogP contribution in [-0.2, 0) is 16.1 Å². The average Bonchev–Trinajstić information content (AvgIpc) is 3.24. The zero-order chi connectivity index (χ0) is 19.2. The first-order valence-electron chi connectivity index (χ1n) is 9.05. The maximum absolute atomic E-state index is 13.0. The lowest BCUT2D eigenvalue weighted by Gasteiger charge is -2.33. The van der Waals surface area contributed by atoms with Crippen molar-refractivity contribution in [1.29, 1.82) is 0 Å². The number of carbonyl (C=O) groups is 1. The number of nitrogens with zero attached hydrogens (tertiary/aromatic N) is 5. The van der Waals surface area contributed by atoms with Crippen LogP contribution in [0.4, 0.5) is 0 Å². The molecule has 28 heavy (non-hydrogen) atoms. The molecule has 3 aromatic rings. The lowest BCUT2D eigenvalue weighted by atomic mass is 10.1. The highest BCUT2D eigenvalue weighted by Gasteiger charge is 2.29. The number of hydrogen-bond donors (Lipinski definition) is 1. The first-order valence-corrected chi connectivity index (χ1v) is 9.05. The van der Waals surface area contributed by atoms with E-state index in [0.717, 1.165) is 5.56 Å². The SMILES string of the molecule is O=C(NCc1nc(-c2ccccn2)no1)[C@@H](c1cccnc1)N1CCOCC1. The Labute approximate surface area is 161 Å². The summed E-state index contributed by atoms with van der Waals surface area (Å²) >= 11 is 0. The van der Waals surface area contributed by atoms with E-state index in [1.165, 1.54) is 0 Å². The van der Waals surface area contributed by atoms with Gasteiger partial charge in [-0.2, -0.15) is 4.98 Å². The maximum Gasteiger partial charge on any atom is 0.246 e. The van der Waals surface area contributed by atoms with Crippen LogP contribution in [0.3, 0.4) is 0 Å².